The smallest absolute Gasteiger partial charge is 0.216 e. The topological polar surface area (TPSA) is 75.6 Å². The molecule has 27 heavy (non-hydrogen) atoms. The summed E-state index contributed by atoms with van der Waals surface area (Å²) in [5.41, 5.74) is -0.0422. The van der Waals surface area contributed by atoms with Crippen LogP contribution in [0.25, 0.3) is 0 Å². The van der Waals surface area contributed by atoms with Gasteiger partial charge in [0.25, 0.3) is 0 Å². The lowest BCUT2D eigenvalue weighted by Gasteiger charge is -2.25. The maximum Gasteiger partial charge on any atom is 0.216 e. The minimum atomic E-state index is -0.0422. The molecule has 1 aliphatic carbocycles. The Morgan fingerprint density at radius 1 is 1.26 bits per heavy atom. The standard InChI is InChI=1S/C21H32N4O2/c1-21(2,3)18-14-23-19(27-18)15-24-20(25-16-8-5-4-6-9-16)22-12-11-17-10-7-13-26-17/h7,10,13-14,16H,4-6,8-9,11-12,15H2,1-3H3,(H2,22,24,25). The average Bonchev–Trinajstić information content (AvgIpc) is 3.32. The first-order chi connectivity index (χ1) is 13.0. The summed E-state index contributed by atoms with van der Waals surface area (Å²) < 4.78 is 11.3. The van der Waals surface area contributed by atoms with E-state index in [1.54, 1.807) is 6.26 Å². The fourth-order valence-corrected chi connectivity index (χ4v) is 3.23. The van der Waals surface area contributed by atoms with Crippen molar-refractivity contribution in [2.45, 2.75) is 77.3 Å². The summed E-state index contributed by atoms with van der Waals surface area (Å²) in [4.78, 5) is 9.09. The van der Waals surface area contributed by atoms with Gasteiger partial charge >= 0.3 is 0 Å². The van der Waals surface area contributed by atoms with Gasteiger partial charge in [0.15, 0.2) is 5.96 Å². The van der Waals surface area contributed by atoms with Gasteiger partial charge in [0.1, 0.15) is 18.1 Å². The molecule has 3 rings (SSSR count). The summed E-state index contributed by atoms with van der Waals surface area (Å²) in [6, 6.07) is 4.40. The molecule has 0 atom stereocenters. The van der Waals surface area contributed by atoms with E-state index in [4.69, 9.17) is 13.8 Å². The Kier molecular flexibility index (Phi) is 6.58. The lowest BCUT2D eigenvalue weighted by Crippen LogP contribution is -2.44. The number of guanidine groups is 1. The van der Waals surface area contributed by atoms with E-state index >= 15 is 0 Å². The zero-order valence-corrected chi connectivity index (χ0v) is 16.8. The van der Waals surface area contributed by atoms with E-state index in [9.17, 15) is 0 Å². The van der Waals surface area contributed by atoms with Crippen molar-refractivity contribution in [2.24, 2.45) is 4.99 Å². The molecule has 0 aliphatic heterocycles. The summed E-state index contributed by atoms with van der Waals surface area (Å²) in [5.74, 6) is 3.34. The minimum Gasteiger partial charge on any atom is -0.469 e. The third kappa shape index (κ3) is 6.15. The van der Waals surface area contributed by atoms with E-state index in [0.717, 1.165) is 30.4 Å². The Bertz CT molecular complexity index is 707. The number of nitrogens with zero attached hydrogens (tertiary/aromatic N) is 2. The summed E-state index contributed by atoms with van der Waals surface area (Å²) in [6.45, 7) is 7.55. The fraction of sp³-hybridized carbons (Fsp3) is 0.619. The fourth-order valence-electron chi connectivity index (χ4n) is 3.23. The van der Waals surface area contributed by atoms with Crippen molar-refractivity contribution in [3.05, 3.63) is 42.0 Å². The first-order valence-corrected chi connectivity index (χ1v) is 10.0. The second-order valence-corrected chi connectivity index (χ2v) is 8.27. The summed E-state index contributed by atoms with van der Waals surface area (Å²) in [7, 11) is 0. The maximum absolute atomic E-state index is 5.86. The molecule has 0 radical (unpaired) electrons. The first kappa shape index (κ1) is 19.5. The molecule has 148 valence electrons. The van der Waals surface area contributed by atoms with Gasteiger partial charge in [0.05, 0.1) is 12.5 Å². The molecule has 0 aromatic carbocycles. The SMILES string of the molecule is CC(C)(C)c1cnc(CN=C(NCCc2ccco2)NC2CCCCC2)o1. The highest BCUT2D eigenvalue weighted by Gasteiger charge is 2.19. The van der Waals surface area contributed by atoms with Crippen LogP contribution in [-0.4, -0.2) is 23.5 Å². The lowest BCUT2D eigenvalue weighted by molar-refractivity contribution is 0.382. The third-order valence-electron chi connectivity index (χ3n) is 4.86. The predicted molar refractivity (Wildman–Crippen MR) is 107 cm³/mol. The highest BCUT2D eigenvalue weighted by molar-refractivity contribution is 5.80. The number of hydrogen-bond acceptors (Lipinski definition) is 4. The first-order valence-electron chi connectivity index (χ1n) is 10.0. The largest absolute Gasteiger partial charge is 0.469 e. The van der Waals surface area contributed by atoms with Crippen LogP contribution in [0.3, 0.4) is 0 Å². The Balaban J connectivity index is 1.60. The normalized spacial score (nSPS) is 16.5. The molecule has 1 fully saturated rings. The quantitative estimate of drug-likeness (QED) is 0.588. The Morgan fingerprint density at radius 2 is 2.07 bits per heavy atom. The molecule has 6 heteroatoms. The van der Waals surface area contributed by atoms with Crippen molar-refractivity contribution >= 4 is 5.96 Å². The highest BCUT2D eigenvalue weighted by Crippen LogP contribution is 2.23. The van der Waals surface area contributed by atoms with Crippen LogP contribution >= 0.6 is 0 Å². The van der Waals surface area contributed by atoms with Gasteiger partial charge in [0.2, 0.25) is 5.89 Å². The number of rotatable bonds is 6. The van der Waals surface area contributed by atoms with Gasteiger partial charge in [0, 0.05) is 24.4 Å². The molecule has 1 saturated carbocycles. The third-order valence-corrected chi connectivity index (χ3v) is 4.86. The van der Waals surface area contributed by atoms with Crippen LogP contribution in [0.5, 0.6) is 0 Å². The van der Waals surface area contributed by atoms with Gasteiger partial charge in [-0.25, -0.2) is 9.98 Å². The van der Waals surface area contributed by atoms with Gasteiger partial charge < -0.3 is 19.5 Å². The molecule has 2 heterocycles. The lowest BCUT2D eigenvalue weighted by atomic mass is 9.94. The van der Waals surface area contributed by atoms with E-state index in [-0.39, 0.29) is 5.41 Å². The summed E-state index contributed by atoms with van der Waals surface area (Å²) >= 11 is 0. The van der Waals surface area contributed by atoms with Crippen LogP contribution in [-0.2, 0) is 18.4 Å². The molecule has 0 amide bonds. The zero-order valence-electron chi connectivity index (χ0n) is 16.8. The van der Waals surface area contributed by atoms with Crippen LogP contribution < -0.4 is 10.6 Å². The molecule has 2 aromatic rings. The number of furan rings is 1. The molecule has 0 bridgehead atoms. The molecule has 0 saturated heterocycles. The monoisotopic (exact) mass is 372 g/mol. The van der Waals surface area contributed by atoms with Crippen molar-refractivity contribution in [3.63, 3.8) is 0 Å². The molecule has 0 unspecified atom stereocenters. The molecule has 6 nitrogen and oxygen atoms in total. The predicted octanol–water partition coefficient (Wildman–Crippen LogP) is 4.18. The van der Waals surface area contributed by atoms with Crippen molar-refractivity contribution < 1.29 is 8.83 Å². The number of aliphatic imine (C=N–C) groups is 1. The summed E-state index contributed by atoms with van der Waals surface area (Å²) in [6.07, 6.45) is 10.6. The van der Waals surface area contributed by atoms with E-state index in [2.05, 4.69) is 36.4 Å². The Labute approximate surface area is 161 Å². The van der Waals surface area contributed by atoms with Crippen LogP contribution in [0.4, 0.5) is 0 Å². The van der Waals surface area contributed by atoms with Crippen molar-refractivity contribution in [2.75, 3.05) is 6.54 Å². The second kappa shape index (κ2) is 9.11. The number of aromatic nitrogens is 1. The van der Waals surface area contributed by atoms with Crippen LogP contribution in [0.1, 0.15) is 70.3 Å². The van der Waals surface area contributed by atoms with Gasteiger partial charge in [-0.2, -0.15) is 0 Å². The number of hydrogen-bond donors (Lipinski definition) is 2. The van der Waals surface area contributed by atoms with Crippen molar-refractivity contribution in [1.29, 1.82) is 0 Å². The number of oxazole rings is 1. The Morgan fingerprint density at radius 3 is 2.74 bits per heavy atom. The molecule has 2 N–H and O–H groups in total. The van der Waals surface area contributed by atoms with Gasteiger partial charge in [-0.05, 0) is 25.0 Å². The second-order valence-electron chi connectivity index (χ2n) is 8.27. The molecular weight excluding hydrogens is 340 g/mol. The van der Waals surface area contributed by atoms with Crippen LogP contribution in [0, 0.1) is 0 Å². The van der Waals surface area contributed by atoms with E-state index in [1.165, 1.54) is 32.1 Å². The summed E-state index contributed by atoms with van der Waals surface area (Å²) in [5, 5.41) is 7.00. The van der Waals surface area contributed by atoms with Gasteiger partial charge in [-0.3, -0.25) is 0 Å². The van der Waals surface area contributed by atoms with Crippen LogP contribution in [0.2, 0.25) is 0 Å². The van der Waals surface area contributed by atoms with Gasteiger partial charge in [-0.1, -0.05) is 40.0 Å². The van der Waals surface area contributed by atoms with E-state index in [0.29, 0.717) is 18.5 Å². The van der Waals surface area contributed by atoms with Crippen molar-refractivity contribution in [1.82, 2.24) is 15.6 Å². The van der Waals surface area contributed by atoms with Gasteiger partial charge in [-0.15, -0.1) is 0 Å². The van der Waals surface area contributed by atoms with E-state index < -0.39 is 0 Å². The highest BCUT2D eigenvalue weighted by atomic mass is 16.4. The maximum atomic E-state index is 5.86. The minimum absolute atomic E-state index is 0.0422. The molecule has 2 aromatic heterocycles. The van der Waals surface area contributed by atoms with Crippen LogP contribution in [0.15, 0.2) is 38.4 Å². The van der Waals surface area contributed by atoms with E-state index in [1.807, 2.05) is 18.3 Å². The molecule has 1 aliphatic rings. The molecule has 0 spiro atoms. The zero-order chi connectivity index (χ0) is 19.1. The van der Waals surface area contributed by atoms with Crippen molar-refractivity contribution in [3.8, 4) is 0 Å². The number of nitrogens with one attached hydrogen (secondary N) is 2. The average molecular weight is 373 g/mol. The molecular formula is C21H32N4O2. The Hall–Kier alpha value is -2.24.